The van der Waals surface area contributed by atoms with E-state index in [1.165, 1.54) is 11.8 Å². The molecule has 0 radical (unpaired) electrons. The minimum atomic E-state index is 0.720. The monoisotopic (exact) mass is 235 g/mol. The van der Waals surface area contributed by atoms with Gasteiger partial charge in [0.2, 0.25) is 0 Å². The van der Waals surface area contributed by atoms with E-state index in [2.05, 4.69) is 29.6 Å². The topological polar surface area (TPSA) is 48.2 Å². The van der Waals surface area contributed by atoms with Crippen LogP contribution in [0.4, 0.5) is 0 Å². The molecule has 0 aliphatic carbocycles. The summed E-state index contributed by atoms with van der Waals surface area (Å²) in [7, 11) is 0. The summed E-state index contributed by atoms with van der Waals surface area (Å²) in [6, 6.07) is 10.2. The molecule has 0 atom stereocenters. The minimum absolute atomic E-state index is 0.720. The van der Waals surface area contributed by atoms with Crippen molar-refractivity contribution in [3.8, 4) is 0 Å². The van der Waals surface area contributed by atoms with Crippen LogP contribution in [0.5, 0.6) is 0 Å². The number of nitrogens with zero attached hydrogens (tertiary/aromatic N) is 1. The summed E-state index contributed by atoms with van der Waals surface area (Å²) in [4.78, 5) is 0. The Labute approximate surface area is 101 Å². The smallest absolute Gasteiger partial charge is 0.134 e. The highest BCUT2D eigenvalue weighted by Gasteiger charge is 1.97. The molecule has 0 bridgehead atoms. The highest BCUT2D eigenvalue weighted by Crippen LogP contribution is 2.12. The van der Waals surface area contributed by atoms with Crippen molar-refractivity contribution < 1.29 is 0 Å². The summed E-state index contributed by atoms with van der Waals surface area (Å²) in [5.41, 5.74) is 4.19. The average molecular weight is 235 g/mol. The van der Waals surface area contributed by atoms with Crippen LogP contribution in [0.25, 0.3) is 0 Å². The molecule has 0 aliphatic heterocycles. The van der Waals surface area contributed by atoms with Crippen molar-refractivity contribution >= 4 is 23.0 Å². The van der Waals surface area contributed by atoms with Gasteiger partial charge in [0.05, 0.1) is 6.21 Å². The molecule has 0 aliphatic rings. The van der Waals surface area contributed by atoms with E-state index in [0.717, 1.165) is 23.8 Å². The quantitative estimate of drug-likeness (QED) is 0.345. The Balaban J connectivity index is 2.40. The third-order valence-corrected chi connectivity index (χ3v) is 2.89. The average Bonchev–Trinajstić information content (AvgIpc) is 2.35. The Morgan fingerprint density at radius 2 is 2.19 bits per heavy atom. The maximum absolute atomic E-state index is 7.24. The summed E-state index contributed by atoms with van der Waals surface area (Å²) >= 11 is 1.57. The lowest BCUT2D eigenvalue weighted by Gasteiger charge is -2.02. The van der Waals surface area contributed by atoms with Gasteiger partial charge in [-0.25, -0.2) is 0 Å². The van der Waals surface area contributed by atoms with E-state index in [1.807, 2.05) is 18.2 Å². The van der Waals surface area contributed by atoms with Gasteiger partial charge in [-0.2, -0.15) is 5.10 Å². The van der Waals surface area contributed by atoms with E-state index < -0.39 is 0 Å². The molecule has 16 heavy (non-hydrogen) atoms. The predicted octanol–water partition coefficient (Wildman–Crippen LogP) is 2.88. The van der Waals surface area contributed by atoms with Gasteiger partial charge in [-0.1, -0.05) is 49.0 Å². The molecule has 0 spiro atoms. The lowest BCUT2D eigenvalue weighted by Crippen LogP contribution is -2.10. The van der Waals surface area contributed by atoms with Crippen molar-refractivity contribution in [2.75, 3.05) is 6.54 Å². The zero-order chi connectivity index (χ0) is 11.6. The maximum Gasteiger partial charge on any atom is 0.134 e. The lowest BCUT2D eigenvalue weighted by atomic mass is 10.2. The minimum Gasteiger partial charge on any atom is -0.309 e. The second kappa shape index (κ2) is 7.93. The Hall–Kier alpha value is -1.29. The van der Waals surface area contributed by atoms with Gasteiger partial charge in [0.1, 0.15) is 5.04 Å². The molecule has 0 saturated heterocycles. The molecule has 0 heterocycles. The van der Waals surface area contributed by atoms with E-state index in [4.69, 9.17) is 5.41 Å². The zero-order valence-corrected chi connectivity index (χ0v) is 10.3. The van der Waals surface area contributed by atoms with Crippen LogP contribution >= 0.6 is 11.8 Å². The maximum atomic E-state index is 7.24. The Morgan fingerprint density at radius 1 is 1.44 bits per heavy atom. The van der Waals surface area contributed by atoms with Crippen LogP contribution in [-0.4, -0.2) is 17.8 Å². The summed E-state index contributed by atoms with van der Waals surface area (Å²) in [6.07, 6.45) is 2.33. The van der Waals surface area contributed by atoms with Crippen molar-refractivity contribution in [2.24, 2.45) is 5.10 Å². The third kappa shape index (κ3) is 4.98. The van der Waals surface area contributed by atoms with E-state index in [-0.39, 0.29) is 0 Å². The largest absolute Gasteiger partial charge is 0.309 e. The molecule has 3 nitrogen and oxygen atoms in total. The SMILES string of the molecule is CCCN/N=C(\C=N)SCc1ccccc1. The summed E-state index contributed by atoms with van der Waals surface area (Å²) in [5, 5.41) is 12.1. The van der Waals surface area contributed by atoms with Gasteiger partial charge in [-0.05, 0) is 12.0 Å². The van der Waals surface area contributed by atoms with Crippen LogP contribution in [-0.2, 0) is 5.75 Å². The Kier molecular flexibility index (Phi) is 6.33. The highest BCUT2D eigenvalue weighted by molar-refractivity contribution is 8.14. The van der Waals surface area contributed by atoms with Crippen molar-refractivity contribution in [2.45, 2.75) is 19.1 Å². The van der Waals surface area contributed by atoms with E-state index in [0.29, 0.717) is 0 Å². The van der Waals surface area contributed by atoms with Gasteiger partial charge in [-0.3, -0.25) is 0 Å². The molecule has 0 saturated carbocycles. The van der Waals surface area contributed by atoms with Crippen molar-refractivity contribution in [3.05, 3.63) is 35.9 Å². The lowest BCUT2D eigenvalue weighted by molar-refractivity contribution is 0.719. The Morgan fingerprint density at radius 3 is 2.81 bits per heavy atom. The highest BCUT2D eigenvalue weighted by atomic mass is 32.2. The van der Waals surface area contributed by atoms with Crippen molar-refractivity contribution in [1.82, 2.24) is 5.43 Å². The van der Waals surface area contributed by atoms with Crippen LogP contribution < -0.4 is 5.43 Å². The molecule has 0 amide bonds. The van der Waals surface area contributed by atoms with Gasteiger partial charge < -0.3 is 10.8 Å². The molecule has 4 heteroatoms. The predicted molar refractivity (Wildman–Crippen MR) is 72.2 cm³/mol. The molecule has 2 N–H and O–H groups in total. The van der Waals surface area contributed by atoms with Crippen LogP contribution in [0.3, 0.4) is 0 Å². The standard InChI is InChI=1S/C12H17N3S/c1-2-8-14-15-12(9-13)16-10-11-6-4-3-5-7-11/h3-7,9,13-14H,2,8,10H2,1H3/b13-9?,15-12+. The van der Waals surface area contributed by atoms with Crippen molar-refractivity contribution in [3.63, 3.8) is 0 Å². The number of thioether (sulfide) groups is 1. The number of benzene rings is 1. The molecule has 0 aromatic heterocycles. The number of nitrogens with one attached hydrogen (secondary N) is 2. The molecule has 1 aromatic carbocycles. The molecular weight excluding hydrogens is 218 g/mol. The van der Waals surface area contributed by atoms with Gasteiger partial charge in [0.25, 0.3) is 0 Å². The molecular formula is C12H17N3S. The second-order valence-corrected chi connectivity index (χ2v) is 4.27. The fourth-order valence-electron chi connectivity index (χ4n) is 1.08. The van der Waals surface area contributed by atoms with E-state index in [1.54, 1.807) is 11.8 Å². The first-order valence-corrected chi connectivity index (χ1v) is 6.33. The number of hydrazone groups is 1. The van der Waals surface area contributed by atoms with Gasteiger partial charge in [-0.15, -0.1) is 0 Å². The van der Waals surface area contributed by atoms with Crippen LogP contribution in [0.2, 0.25) is 0 Å². The number of hydrogen-bond acceptors (Lipinski definition) is 4. The second-order valence-electron chi connectivity index (χ2n) is 3.28. The first-order valence-electron chi connectivity index (χ1n) is 5.34. The first kappa shape index (κ1) is 12.8. The Bertz CT molecular complexity index is 335. The van der Waals surface area contributed by atoms with Crippen LogP contribution in [0, 0.1) is 5.41 Å². The molecule has 1 rings (SSSR count). The molecule has 1 aromatic rings. The van der Waals surface area contributed by atoms with Crippen LogP contribution in [0.15, 0.2) is 35.4 Å². The first-order chi connectivity index (χ1) is 7.86. The fourth-order valence-corrected chi connectivity index (χ4v) is 1.80. The van der Waals surface area contributed by atoms with Crippen molar-refractivity contribution in [1.29, 1.82) is 5.41 Å². The normalized spacial score (nSPS) is 11.2. The van der Waals surface area contributed by atoms with E-state index >= 15 is 0 Å². The third-order valence-electron chi connectivity index (χ3n) is 1.90. The summed E-state index contributed by atoms with van der Waals surface area (Å²) in [6.45, 7) is 2.94. The van der Waals surface area contributed by atoms with Gasteiger partial charge in [0.15, 0.2) is 0 Å². The molecule has 0 unspecified atom stereocenters. The number of rotatable bonds is 6. The molecule has 0 fully saturated rings. The van der Waals surface area contributed by atoms with E-state index in [9.17, 15) is 0 Å². The zero-order valence-electron chi connectivity index (χ0n) is 9.44. The van der Waals surface area contributed by atoms with Crippen LogP contribution in [0.1, 0.15) is 18.9 Å². The summed E-state index contributed by atoms with van der Waals surface area (Å²) in [5.74, 6) is 0.850. The fraction of sp³-hybridized carbons (Fsp3) is 0.333. The van der Waals surface area contributed by atoms with Gasteiger partial charge in [0, 0.05) is 12.3 Å². The van der Waals surface area contributed by atoms with Gasteiger partial charge >= 0.3 is 0 Å². The summed E-state index contributed by atoms with van der Waals surface area (Å²) < 4.78 is 0. The molecule has 86 valence electrons. The number of hydrogen-bond donors (Lipinski definition) is 2.